The first-order valence-corrected chi connectivity index (χ1v) is 11.4. The van der Waals surface area contributed by atoms with E-state index < -0.39 is 0 Å². The van der Waals surface area contributed by atoms with Gasteiger partial charge in [0.25, 0.3) is 5.56 Å². The van der Waals surface area contributed by atoms with E-state index in [0.29, 0.717) is 39.1 Å². The zero-order chi connectivity index (χ0) is 21.9. The van der Waals surface area contributed by atoms with Crippen LogP contribution in [0.3, 0.4) is 0 Å². The Morgan fingerprint density at radius 2 is 1.66 bits per heavy atom. The fourth-order valence-electron chi connectivity index (χ4n) is 3.47. The minimum atomic E-state index is -0.143. The van der Waals surface area contributed by atoms with Gasteiger partial charge in [0.05, 0.1) is 16.7 Å². The van der Waals surface area contributed by atoms with Crippen LogP contribution in [0.25, 0.3) is 16.6 Å². The van der Waals surface area contributed by atoms with E-state index in [1.807, 2.05) is 65.2 Å². The number of aromatic amines is 1. The summed E-state index contributed by atoms with van der Waals surface area (Å²) in [5, 5.41) is 10.9. The molecule has 5 aromatic rings. The third-order valence-corrected chi connectivity index (χ3v) is 6.18. The van der Waals surface area contributed by atoms with E-state index in [1.54, 1.807) is 6.07 Å². The highest BCUT2D eigenvalue weighted by Crippen LogP contribution is 2.26. The average Bonchev–Trinajstić information content (AvgIpc) is 3.21. The lowest BCUT2D eigenvalue weighted by Gasteiger charge is -2.11. The van der Waals surface area contributed by atoms with Gasteiger partial charge in [-0.1, -0.05) is 65.8 Å². The van der Waals surface area contributed by atoms with Crippen molar-refractivity contribution in [3.05, 3.63) is 111 Å². The molecule has 158 valence electrons. The van der Waals surface area contributed by atoms with Crippen LogP contribution in [0.2, 0.25) is 5.02 Å². The van der Waals surface area contributed by atoms with E-state index in [2.05, 4.69) is 32.3 Å². The number of thioether (sulfide) groups is 1. The normalized spacial score (nSPS) is 11.2. The van der Waals surface area contributed by atoms with E-state index in [4.69, 9.17) is 11.6 Å². The maximum atomic E-state index is 12.4. The molecule has 0 bridgehead atoms. The highest BCUT2D eigenvalue weighted by atomic mass is 35.5. The molecule has 6 nitrogen and oxygen atoms in total. The van der Waals surface area contributed by atoms with Gasteiger partial charge in [-0.15, -0.1) is 10.2 Å². The smallest absolute Gasteiger partial charge is 0.258 e. The molecule has 2 heterocycles. The van der Waals surface area contributed by atoms with Gasteiger partial charge in [-0.25, -0.2) is 4.98 Å². The van der Waals surface area contributed by atoms with Gasteiger partial charge in [-0.05, 0) is 42.0 Å². The maximum Gasteiger partial charge on any atom is 0.258 e. The van der Waals surface area contributed by atoms with E-state index in [-0.39, 0.29) is 5.56 Å². The van der Waals surface area contributed by atoms with Crippen molar-refractivity contribution in [1.82, 2.24) is 24.7 Å². The third-order valence-electron chi connectivity index (χ3n) is 4.99. The zero-order valence-corrected chi connectivity index (χ0v) is 18.5. The second-order valence-electron chi connectivity index (χ2n) is 7.19. The molecule has 0 unspecified atom stereocenters. The lowest BCUT2D eigenvalue weighted by atomic mass is 10.1. The van der Waals surface area contributed by atoms with Crippen LogP contribution in [-0.2, 0) is 12.2 Å². The predicted molar refractivity (Wildman–Crippen MR) is 128 cm³/mol. The first kappa shape index (κ1) is 20.5. The Labute approximate surface area is 193 Å². The largest absolute Gasteiger partial charge is 0.309 e. The summed E-state index contributed by atoms with van der Waals surface area (Å²) in [4.78, 5) is 19.8. The number of fused-ring (bicyclic) bond motifs is 1. The molecule has 0 saturated carbocycles. The number of para-hydroxylation sites is 1. The summed E-state index contributed by atoms with van der Waals surface area (Å²) in [6.45, 7) is 0. The molecule has 0 aliphatic rings. The second-order valence-corrected chi connectivity index (χ2v) is 8.57. The number of halogens is 1. The fourth-order valence-corrected chi connectivity index (χ4v) is 4.44. The van der Waals surface area contributed by atoms with Crippen molar-refractivity contribution in [2.24, 2.45) is 0 Å². The molecule has 2 aromatic heterocycles. The van der Waals surface area contributed by atoms with Gasteiger partial charge in [0, 0.05) is 17.1 Å². The minimum Gasteiger partial charge on any atom is -0.309 e. The quantitative estimate of drug-likeness (QED) is 0.360. The molecule has 1 N–H and O–H groups in total. The van der Waals surface area contributed by atoms with Crippen molar-refractivity contribution in [2.45, 2.75) is 17.3 Å². The Kier molecular flexibility index (Phi) is 5.75. The van der Waals surface area contributed by atoms with Gasteiger partial charge in [-0.2, -0.15) is 0 Å². The molecule has 0 atom stereocenters. The first-order chi connectivity index (χ1) is 15.7. The van der Waals surface area contributed by atoms with E-state index >= 15 is 0 Å². The molecule has 0 aliphatic carbocycles. The van der Waals surface area contributed by atoms with Gasteiger partial charge < -0.3 is 4.98 Å². The van der Waals surface area contributed by atoms with E-state index in [9.17, 15) is 4.79 Å². The van der Waals surface area contributed by atoms with Crippen molar-refractivity contribution >= 4 is 34.3 Å². The average molecular weight is 460 g/mol. The molecule has 0 spiro atoms. The third kappa shape index (κ3) is 4.30. The van der Waals surface area contributed by atoms with Gasteiger partial charge >= 0.3 is 0 Å². The number of aromatic nitrogens is 5. The number of H-pyrrole nitrogens is 1. The molecule has 8 heteroatoms. The summed E-state index contributed by atoms with van der Waals surface area (Å²) < 4.78 is 2.02. The van der Waals surface area contributed by atoms with Crippen LogP contribution in [0, 0.1) is 0 Å². The van der Waals surface area contributed by atoms with Gasteiger partial charge in [0.1, 0.15) is 11.6 Å². The van der Waals surface area contributed by atoms with Crippen LogP contribution in [0.15, 0.2) is 88.8 Å². The number of benzene rings is 3. The van der Waals surface area contributed by atoms with Gasteiger partial charge in [-0.3, -0.25) is 9.36 Å². The number of rotatable bonds is 6. The summed E-state index contributed by atoms with van der Waals surface area (Å²) in [6.07, 6.45) is 0.641. The molecule has 0 aliphatic heterocycles. The van der Waals surface area contributed by atoms with Crippen molar-refractivity contribution < 1.29 is 0 Å². The molecule has 0 amide bonds. The molecule has 0 fully saturated rings. The Bertz CT molecular complexity index is 1430. The van der Waals surface area contributed by atoms with E-state index in [0.717, 1.165) is 17.1 Å². The predicted octanol–water partition coefficient (Wildman–Crippen LogP) is 5.04. The molecule has 3 aromatic carbocycles. The van der Waals surface area contributed by atoms with Crippen LogP contribution in [0.5, 0.6) is 0 Å². The number of nitrogens with zero attached hydrogens (tertiary/aromatic N) is 4. The highest BCUT2D eigenvalue weighted by Gasteiger charge is 2.16. The fraction of sp³-hybridized carbons (Fsp3) is 0.0833. The summed E-state index contributed by atoms with van der Waals surface area (Å²) in [7, 11) is 0. The van der Waals surface area contributed by atoms with E-state index in [1.165, 1.54) is 11.8 Å². The van der Waals surface area contributed by atoms with Crippen molar-refractivity contribution in [2.75, 3.05) is 0 Å². The monoisotopic (exact) mass is 459 g/mol. The lowest BCUT2D eigenvalue weighted by Crippen LogP contribution is -2.11. The summed E-state index contributed by atoms with van der Waals surface area (Å²) >= 11 is 7.57. The van der Waals surface area contributed by atoms with Crippen LogP contribution in [0.4, 0.5) is 0 Å². The standard InChI is InChI=1S/C24H18ClN5OS/c25-17-10-12-18(13-11-17)30-22(14-16-6-2-1-3-7-16)28-29-24(30)32-15-21-26-20-9-5-4-8-19(20)23(31)27-21/h1-13H,14-15H2,(H,26,27,31). The Morgan fingerprint density at radius 1 is 0.906 bits per heavy atom. The Hall–Kier alpha value is -3.42. The highest BCUT2D eigenvalue weighted by molar-refractivity contribution is 7.98. The van der Waals surface area contributed by atoms with Crippen LogP contribution in [0.1, 0.15) is 17.2 Å². The van der Waals surface area contributed by atoms with Crippen LogP contribution in [-0.4, -0.2) is 24.7 Å². The summed E-state index contributed by atoms with van der Waals surface area (Å²) in [6, 6.07) is 25.0. The maximum absolute atomic E-state index is 12.4. The first-order valence-electron chi connectivity index (χ1n) is 10.0. The zero-order valence-electron chi connectivity index (χ0n) is 16.9. The molecular formula is C24H18ClN5OS. The second kappa shape index (κ2) is 8.98. The molecule has 5 rings (SSSR count). The van der Waals surface area contributed by atoms with Crippen LogP contribution >= 0.6 is 23.4 Å². The van der Waals surface area contributed by atoms with Crippen molar-refractivity contribution in [3.63, 3.8) is 0 Å². The Morgan fingerprint density at radius 3 is 2.47 bits per heavy atom. The van der Waals surface area contributed by atoms with Crippen LogP contribution < -0.4 is 5.56 Å². The molecule has 0 radical (unpaired) electrons. The van der Waals surface area contributed by atoms with Gasteiger partial charge in [0.15, 0.2) is 5.16 Å². The minimum absolute atomic E-state index is 0.143. The Balaban J connectivity index is 1.48. The SMILES string of the molecule is O=c1[nH]c(CSc2nnc(Cc3ccccc3)n2-c2ccc(Cl)cc2)nc2ccccc12. The van der Waals surface area contributed by atoms with Crippen molar-refractivity contribution in [3.8, 4) is 5.69 Å². The topological polar surface area (TPSA) is 76.5 Å². The molecule has 0 saturated heterocycles. The summed E-state index contributed by atoms with van der Waals surface area (Å²) in [5.41, 5.74) is 2.60. The number of nitrogens with one attached hydrogen (secondary N) is 1. The molecular weight excluding hydrogens is 442 g/mol. The van der Waals surface area contributed by atoms with Gasteiger partial charge in [0.2, 0.25) is 0 Å². The number of hydrogen-bond donors (Lipinski definition) is 1. The van der Waals surface area contributed by atoms with Crippen molar-refractivity contribution in [1.29, 1.82) is 0 Å². The number of hydrogen-bond acceptors (Lipinski definition) is 5. The molecule has 32 heavy (non-hydrogen) atoms. The lowest BCUT2D eigenvalue weighted by molar-refractivity contribution is 0.846. The summed E-state index contributed by atoms with van der Waals surface area (Å²) in [5.74, 6) is 1.87.